The number of fused-ring (bicyclic) bond motifs is 6. The van der Waals surface area contributed by atoms with E-state index in [0.29, 0.717) is 28.5 Å². The maximum absolute atomic E-state index is 12.7. The lowest BCUT2D eigenvalue weighted by molar-refractivity contribution is 0.0224. The Labute approximate surface area is 157 Å². The van der Waals surface area contributed by atoms with Crippen molar-refractivity contribution in [2.75, 3.05) is 0 Å². The third-order valence-electron chi connectivity index (χ3n) is 5.39. The molecule has 4 heteroatoms. The number of hydrogen-bond acceptors (Lipinski definition) is 4. The molecule has 2 heterocycles. The van der Waals surface area contributed by atoms with Gasteiger partial charge in [0.2, 0.25) is 0 Å². The lowest BCUT2D eigenvalue weighted by atomic mass is 9.77. The van der Waals surface area contributed by atoms with Gasteiger partial charge in [-0.2, -0.15) is 0 Å². The first kappa shape index (κ1) is 15.9. The molecule has 0 amide bonds. The van der Waals surface area contributed by atoms with Crippen molar-refractivity contribution in [3.8, 4) is 17.2 Å². The lowest BCUT2D eigenvalue weighted by Crippen LogP contribution is -2.33. The first-order chi connectivity index (χ1) is 13.0. The van der Waals surface area contributed by atoms with Gasteiger partial charge in [0.05, 0.1) is 5.56 Å². The quantitative estimate of drug-likeness (QED) is 0.616. The highest BCUT2D eigenvalue weighted by Crippen LogP contribution is 2.56. The van der Waals surface area contributed by atoms with Crippen molar-refractivity contribution in [3.05, 3.63) is 88.5 Å². The number of phenolic OH excluding ortho intramolecular Hbond substituents is 1. The molecule has 134 valence electrons. The SMILES string of the molecule is CC(C)c1ccc2c(c1)Oc1cc(O)ccc1C21OC(=O)c2ccccc21. The zero-order valence-corrected chi connectivity index (χ0v) is 15.0. The molecule has 1 unspecified atom stereocenters. The Balaban J connectivity index is 1.86. The Morgan fingerprint density at radius 3 is 2.37 bits per heavy atom. The number of carbonyl (C=O) groups excluding carboxylic acids is 1. The van der Waals surface area contributed by atoms with Gasteiger partial charge >= 0.3 is 5.97 Å². The van der Waals surface area contributed by atoms with Crippen LogP contribution in [0.2, 0.25) is 0 Å². The Bertz CT molecular complexity index is 1100. The molecular weight excluding hydrogens is 340 g/mol. The fourth-order valence-electron chi connectivity index (χ4n) is 4.04. The van der Waals surface area contributed by atoms with Crippen LogP contribution in [0.1, 0.15) is 52.4 Å². The molecule has 0 saturated carbocycles. The largest absolute Gasteiger partial charge is 0.508 e. The lowest BCUT2D eigenvalue weighted by Gasteiger charge is -2.36. The molecule has 1 spiro atoms. The summed E-state index contributed by atoms with van der Waals surface area (Å²) in [5.74, 6) is 1.21. The van der Waals surface area contributed by atoms with E-state index in [1.807, 2.05) is 30.3 Å². The fourth-order valence-corrected chi connectivity index (χ4v) is 4.04. The number of carbonyl (C=O) groups is 1. The molecule has 2 aliphatic rings. The van der Waals surface area contributed by atoms with E-state index in [1.54, 1.807) is 24.3 Å². The van der Waals surface area contributed by atoms with Crippen LogP contribution in [-0.4, -0.2) is 11.1 Å². The van der Waals surface area contributed by atoms with Gasteiger partial charge in [-0.15, -0.1) is 0 Å². The van der Waals surface area contributed by atoms with Crippen LogP contribution >= 0.6 is 0 Å². The molecule has 3 aromatic rings. The predicted molar refractivity (Wildman–Crippen MR) is 100 cm³/mol. The highest BCUT2D eigenvalue weighted by Gasteiger charge is 2.53. The van der Waals surface area contributed by atoms with E-state index in [2.05, 4.69) is 19.9 Å². The maximum Gasteiger partial charge on any atom is 0.340 e. The molecule has 0 saturated heterocycles. The second-order valence-corrected chi connectivity index (χ2v) is 7.31. The van der Waals surface area contributed by atoms with Crippen molar-refractivity contribution in [2.45, 2.75) is 25.4 Å². The Hall–Kier alpha value is -3.27. The standard InChI is InChI=1S/C23H18O4/c1-13(2)14-7-9-18-20(11-14)26-21-12-15(24)8-10-19(21)23(18)17-6-4-3-5-16(17)22(25)27-23/h3-13,24H,1-2H3. The number of rotatable bonds is 1. The Kier molecular flexibility index (Phi) is 3.17. The molecule has 3 aromatic carbocycles. The van der Waals surface area contributed by atoms with Crippen molar-refractivity contribution in [1.29, 1.82) is 0 Å². The van der Waals surface area contributed by atoms with Gasteiger partial charge in [0.1, 0.15) is 17.2 Å². The molecular formula is C23H18O4. The first-order valence-corrected chi connectivity index (χ1v) is 8.99. The van der Waals surface area contributed by atoms with Gasteiger partial charge in [0, 0.05) is 22.8 Å². The summed E-state index contributed by atoms with van der Waals surface area (Å²) in [6.45, 7) is 4.23. The summed E-state index contributed by atoms with van der Waals surface area (Å²) in [6, 6.07) is 18.4. The predicted octanol–water partition coefficient (Wildman–Crippen LogP) is 5.08. The van der Waals surface area contributed by atoms with Crippen LogP contribution in [0.4, 0.5) is 0 Å². The second-order valence-electron chi connectivity index (χ2n) is 7.31. The maximum atomic E-state index is 12.7. The van der Waals surface area contributed by atoms with Crippen LogP contribution in [-0.2, 0) is 10.3 Å². The van der Waals surface area contributed by atoms with Gasteiger partial charge < -0.3 is 14.6 Å². The van der Waals surface area contributed by atoms with Crippen LogP contribution < -0.4 is 4.74 Å². The van der Waals surface area contributed by atoms with Crippen LogP contribution in [0.3, 0.4) is 0 Å². The summed E-state index contributed by atoms with van der Waals surface area (Å²) in [7, 11) is 0. The molecule has 0 aliphatic carbocycles. The minimum Gasteiger partial charge on any atom is -0.508 e. The second kappa shape index (κ2) is 5.36. The molecule has 4 nitrogen and oxygen atoms in total. The van der Waals surface area contributed by atoms with Gasteiger partial charge in [-0.1, -0.05) is 44.2 Å². The van der Waals surface area contributed by atoms with E-state index in [-0.39, 0.29) is 11.7 Å². The Morgan fingerprint density at radius 2 is 1.59 bits per heavy atom. The van der Waals surface area contributed by atoms with Gasteiger partial charge in [0.25, 0.3) is 0 Å². The summed E-state index contributed by atoms with van der Waals surface area (Å²) >= 11 is 0. The van der Waals surface area contributed by atoms with Crippen LogP contribution in [0.5, 0.6) is 17.2 Å². The molecule has 1 N–H and O–H groups in total. The zero-order valence-electron chi connectivity index (χ0n) is 15.0. The van der Waals surface area contributed by atoms with E-state index in [4.69, 9.17) is 9.47 Å². The topological polar surface area (TPSA) is 55.8 Å². The monoisotopic (exact) mass is 358 g/mol. The summed E-state index contributed by atoms with van der Waals surface area (Å²) < 4.78 is 12.2. The van der Waals surface area contributed by atoms with Crippen molar-refractivity contribution >= 4 is 5.97 Å². The smallest absolute Gasteiger partial charge is 0.340 e. The number of benzene rings is 3. The number of phenols is 1. The van der Waals surface area contributed by atoms with Crippen molar-refractivity contribution in [3.63, 3.8) is 0 Å². The summed E-state index contributed by atoms with van der Waals surface area (Å²) in [4.78, 5) is 12.7. The summed E-state index contributed by atoms with van der Waals surface area (Å²) in [5.41, 5.74) is 2.91. The molecule has 0 aromatic heterocycles. The van der Waals surface area contributed by atoms with Gasteiger partial charge in [-0.25, -0.2) is 4.79 Å². The molecule has 1 atom stereocenters. The molecule has 2 aliphatic heterocycles. The van der Waals surface area contributed by atoms with Crippen molar-refractivity contribution < 1.29 is 19.4 Å². The minimum atomic E-state index is -1.07. The van der Waals surface area contributed by atoms with Crippen LogP contribution in [0.25, 0.3) is 0 Å². The zero-order chi connectivity index (χ0) is 18.8. The summed E-state index contributed by atoms with van der Waals surface area (Å²) in [5, 5.41) is 9.97. The van der Waals surface area contributed by atoms with Crippen molar-refractivity contribution in [2.24, 2.45) is 0 Å². The number of hydrogen-bond donors (Lipinski definition) is 1. The fraction of sp³-hybridized carbons (Fsp3) is 0.174. The average Bonchev–Trinajstić information content (AvgIpc) is 2.95. The minimum absolute atomic E-state index is 0.102. The molecule has 0 fully saturated rings. The average molecular weight is 358 g/mol. The van der Waals surface area contributed by atoms with E-state index >= 15 is 0 Å². The molecule has 0 radical (unpaired) electrons. The van der Waals surface area contributed by atoms with E-state index in [1.165, 1.54) is 0 Å². The normalized spacial score (nSPS) is 19.3. The summed E-state index contributed by atoms with van der Waals surface area (Å²) in [6.07, 6.45) is 0. The third-order valence-corrected chi connectivity index (χ3v) is 5.39. The van der Waals surface area contributed by atoms with E-state index < -0.39 is 5.60 Å². The molecule has 27 heavy (non-hydrogen) atoms. The van der Waals surface area contributed by atoms with Crippen LogP contribution in [0, 0.1) is 0 Å². The van der Waals surface area contributed by atoms with E-state index in [0.717, 1.165) is 16.7 Å². The third kappa shape index (κ3) is 2.07. The van der Waals surface area contributed by atoms with Crippen molar-refractivity contribution in [1.82, 2.24) is 0 Å². The number of esters is 1. The molecule has 5 rings (SSSR count). The Morgan fingerprint density at radius 1 is 0.889 bits per heavy atom. The van der Waals surface area contributed by atoms with Crippen LogP contribution in [0.15, 0.2) is 60.7 Å². The number of ether oxygens (including phenoxy) is 2. The molecule has 0 bridgehead atoms. The first-order valence-electron chi connectivity index (χ1n) is 8.99. The van der Waals surface area contributed by atoms with Gasteiger partial charge in [-0.3, -0.25) is 0 Å². The number of aromatic hydroxyl groups is 1. The van der Waals surface area contributed by atoms with E-state index in [9.17, 15) is 9.90 Å². The highest BCUT2D eigenvalue weighted by molar-refractivity contribution is 5.97. The van der Waals surface area contributed by atoms with Gasteiger partial charge in [-0.05, 0) is 35.7 Å². The van der Waals surface area contributed by atoms with Gasteiger partial charge in [0.15, 0.2) is 5.60 Å². The highest BCUT2D eigenvalue weighted by atomic mass is 16.6.